The Labute approximate surface area is 127 Å². The number of benzene rings is 1. The largest absolute Gasteiger partial charge is 0.392 e. The summed E-state index contributed by atoms with van der Waals surface area (Å²) >= 11 is 8.91. The van der Waals surface area contributed by atoms with Crippen LogP contribution < -0.4 is 16.6 Å². The molecule has 0 saturated heterocycles. The van der Waals surface area contributed by atoms with Crippen molar-refractivity contribution in [3.63, 3.8) is 0 Å². The van der Waals surface area contributed by atoms with Crippen LogP contribution in [0.25, 0.3) is 0 Å². The zero-order valence-corrected chi connectivity index (χ0v) is 12.5. The minimum Gasteiger partial charge on any atom is -0.392 e. The molecule has 0 saturated carbocycles. The summed E-state index contributed by atoms with van der Waals surface area (Å²) in [5.74, 6) is -0.367. The second-order valence-corrected chi connectivity index (χ2v) is 5.21. The van der Waals surface area contributed by atoms with Gasteiger partial charge in [-0.15, -0.1) is 0 Å². The molecule has 8 heteroatoms. The molecule has 0 spiro atoms. The number of hydrogen-bond donors (Lipinski definition) is 2. The number of aromatic nitrogens is 2. The lowest BCUT2D eigenvalue weighted by atomic mass is 10.3. The Bertz CT molecular complexity index is 717. The van der Waals surface area contributed by atoms with Gasteiger partial charge in [0.05, 0.1) is 6.33 Å². The molecule has 2 rings (SSSR count). The fraction of sp³-hybridized carbons (Fsp3) is 0.0833. The lowest BCUT2D eigenvalue weighted by Crippen LogP contribution is -2.29. The molecule has 0 unspecified atom stereocenters. The van der Waals surface area contributed by atoms with E-state index in [4.69, 9.17) is 17.3 Å². The second kappa shape index (κ2) is 6.06. The molecule has 0 aliphatic rings. The van der Waals surface area contributed by atoms with Gasteiger partial charge in [0.25, 0.3) is 5.56 Å². The molecule has 0 atom stereocenters. The number of nitrogens with two attached hydrogens (primary N) is 1. The minimum atomic E-state index is -0.547. The van der Waals surface area contributed by atoms with Crippen LogP contribution in [0.1, 0.15) is 0 Å². The van der Waals surface area contributed by atoms with Crippen LogP contribution in [-0.2, 0) is 11.3 Å². The number of nitrogens with one attached hydrogen (secondary N) is 1. The summed E-state index contributed by atoms with van der Waals surface area (Å²) in [6.07, 6.45) is 1.18. The van der Waals surface area contributed by atoms with Crippen LogP contribution in [-0.4, -0.2) is 15.5 Å². The lowest BCUT2D eigenvalue weighted by Gasteiger charge is -2.08. The lowest BCUT2D eigenvalue weighted by molar-refractivity contribution is -0.116. The van der Waals surface area contributed by atoms with E-state index in [-0.39, 0.29) is 23.3 Å². The van der Waals surface area contributed by atoms with Crippen LogP contribution >= 0.6 is 27.5 Å². The predicted molar refractivity (Wildman–Crippen MR) is 80.7 cm³/mol. The van der Waals surface area contributed by atoms with Gasteiger partial charge in [-0.1, -0.05) is 33.6 Å². The Kier molecular flexibility index (Phi) is 4.41. The molecule has 3 N–H and O–H groups in total. The normalized spacial score (nSPS) is 10.3. The monoisotopic (exact) mass is 356 g/mol. The first kappa shape index (κ1) is 14.5. The summed E-state index contributed by atoms with van der Waals surface area (Å²) in [6.45, 7) is -0.195. The van der Waals surface area contributed by atoms with E-state index < -0.39 is 5.56 Å². The zero-order chi connectivity index (χ0) is 14.7. The van der Waals surface area contributed by atoms with Gasteiger partial charge < -0.3 is 11.1 Å². The van der Waals surface area contributed by atoms with Gasteiger partial charge in [0.15, 0.2) is 5.15 Å². The van der Waals surface area contributed by atoms with Gasteiger partial charge in [0, 0.05) is 10.2 Å². The Balaban J connectivity index is 2.13. The molecular formula is C12H10BrClN4O2. The molecule has 1 aromatic heterocycles. The average Bonchev–Trinajstić information content (AvgIpc) is 2.39. The molecule has 2 aromatic rings. The van der Waals surface area contributed by atoms with E-state index in [0.717, 1.165) is 9.04 Å². The summed E-state index contributed by atoms with van der Waals surface area (Å²) in [5, 5.41) is 2.59. The molecule has 1 amide bonds. The minimum absolute atomic E-state index is 0.0707. The van der Waals surface area contributed by atoms with E-state index in [1.807, 2.05) is 6.07 Å². The first-order chi connectivity index (χ1) is 9.47. The number of amides is 1. The van der Waals surface area contributed by atoms with Gasteiger partial charge in [0.1, 0.15) is 12.2 Å². The molecule has 0 bridgehead atoms. The quantitative estimate of drug-likeness (QED) is 0.821. The highest BCUT2D eigenvalue weighted by Gasteiger charge is 2.10. The average molecular weight is 358 g/mol. The van der Waals surface area contributed by atoms with Gasteiger partial charge in [-0.3, -0.25) is 14.2 Å². The van der Waals surface area contributed by atoms with Gasteiger partial charge in [0.2, 0.25) is 5.91 Å². The molecule has 0 aliphatic heterocycles. The Morgan fingerprint density at radius 1 is 1.50 bits per heavy atom. The number of anilines is 2. The van der Waals surface area contributed by atoms with Crippen molar-refractivity contribution in [2.75, 3.05) is 11.1 Å². The topological polar surface area (TPSA) is 90.0 Å². The van der Waals surface area contributed by atoms with Crippen LogP contribution in [0.3, 0.4) is 0 Å². The Morgan fingerprint density at radius 2 is 2.25 bits per heavy atom. The van der Waals surface area contributed by atoms with Crippen LogP contribution in [0.15, 0.2) is 39.9 Å². The fourth-order valence-electron chi connectivity index (χ4n) is 1.52. The van der Waals surface area contributed by atoms with E-state index >= 15 is 0 Å². The maximum atomic E-state index is 11.9. The molecule has 0 radical (unpaired) electrons. The van der Waals surface area contributed by atoms with Crippen LogP contribution in [0.2, 0.25) is 5.15 Å². The second-order valence-electron chi connectivity index (χ2n) is 3.94. The summed E-state index contributed by atoms with van der Waals surface area (Å²) in [4.78, 5) is 27.3. The van der Waals surface area contributed by atoms with Gasteiger partial charge >= 0.3 is 0 Å². The Morgan fingerprint density at radius 3 is 2.95 bits per heavy atom. The van der Waals surface area contributed by atoms with Gasteiger partial charge in [-0.25, -0.2) is 4.98 Å². The molecular weight excluding hydrogens is 348 g/mol. The highest BCUT2D eigenvalue weighted by molar-refractivity contribution is 9.10. The number of hydrogen-bond acceptors (Lipinski definition) is 4. The highest BCUT2D eigenvalue weighted by atomic mass is 79.9. The van der Waals surface area contributed by atoms with Crippen molar-refractivity contribution in [2.45, 2.75) is 6.54 Å². The van der Waals surface area contributed by atoms with E-state index in [2.05, 4.69) is 26.2 Å². The van der Waals surface area contributed by atoms with Crippen molar-refractivity contribution in [1.82, 2.24) is 9.55 Å². The summed E-state index contributed by atoms with van der Waals surface area (Å²) < 4.78 is 1.93. The number of carbonyl (C=O) groups excluding carboxylic acids is 1. The van der Waals surface area contributed by atoms with E-state index in [0.29, 0.717) is 5.69 Å². The Hall–Kier alpha value is -1.86. The maximum Gasteiger partial charge on any atom is 0.278 e. The van der Waals surface area contributed by atoms with Crippen molar-refractivity contribution in [3.8, 4) is 0 Å². The van der Waals surface area contributed by atoms with E-state index in [9.17, 15) is 9.59 Å². The summed E-state index contributed by atoms with van der Waals surface area (Å²) in [5.41, 5.74) is 5.36. The maximum absolute atomic E-state index is 11.9. The SMILES string of the molecule is Nc1c(Cl)ncn(CC(=O)Nc2cccc(Br)c2)c1=O. The van der Waals surface area contributed by atoms with Crippen LogP contribution in [0.4, 0.5) is 11.4 Å². The molecule has 1 heterocycles. The van der Waals surface area contributed by atoms with E-state index in [1.54, 1.807) is 18.2 Å². The first-order valence-electron chi connectivity index (χ1n) is 5.53. The molecule has 20 heavy (non-hydrogen) atoms. The van der Waals surface area contributed by atoms with E-state index in [1.165, 1.54) is 6.33 Å². The fourth-order valence-corrected chi connectivity index (χ4v) is 2.04. The number of nitrogen functional groups attached to an aromatic ring is 1. The van der Waals surface area contributed by atoms with Crippen molar-refractivity contribution in [2.24, 2.45) is 0 Å². The molecule has 104 valence electrons. The third-order valence-electron chi connectivity index (χ3n) is 2.45. The standard InChI is InChI=1S/C12H10BrClN4O2/c13-7-2-1-3-8(4-7)17-9(19)5-18-6-16-11(14)10(15)12(18)20/h1-4,6H,5,15H2,(H,17,19). The molecule has 0 fully saturated rings. The summed E-state index contributed by atoms with van der Waals surface area (Å²) in [7, 11) is 0. The number of carbonyl (C=O) groups is 1. The van der Waals surface area contributed by atoms with Gasteiger partial charge in [-0.05, 0) is 18.2 Å². The smallest absolute Gasteiger partial charge is 0.278 e. The third kappa shape index (κ3) is 3.37. The van der Waals surface area contributed by atoms with Crippen LogP contribution in [0, 0.1) is 0 Å². The highest BCUT2D eigenvalue weighted by Crippen LogP contribution is 2.15. The molecule has 1 aromatic carbocycles. The zero-order valence-electron chi connectivity index (χ0n) is 10.1. The number of rotatable bonds is 3. The first-order valence-corrected chi connectivity index (χ1v) is 6.70. The third-order valence-corrected chi connectivity index (χ3v) is 3.24. The van der Waals surface area contributed by atoms with Crippen molar-refractivity contribution in [1.29, 1.82) is 0 Å². The van der Waals surface area contributed by atoms with Crippen LogP contribution in [0.5, 0.6) is 0 Å². The van der Waals surface area contributed by atoms with Crippen molar-refractivity contribution in [3.05, 3.63) is 50.6 Å². The van der Waals surface area contributed by atoms with Gasteiger partial charge in [-0.2, -0.15) is 0 Å². The predicted octanol–water partition coefficient (Wildman–Crippen LogP) is 1.88. The molecule has 0 aliphatic carbocycles. The number of halogens is 2. The summed E-state index contributed by atoms with van der Waals surface area (Å²) in [6, 6.07) is 7.10. The molecule has 6 nitrogen and oxygen atoms in total. The van der Waals surface area contributed by atoms with Crippen molar-refractivity contribution >= 4 is 44.8 Å². The number of nitrogens with zero attached hydrogens (tertiary/aromatic N) is 2. The van der Waals surface area contributed by atoms with Crippen molar-refractivity contribution < 1.29 is 4.79 Å².